The molecule has 0 heterocycles. The van der Waals surface area contributed by atoms with Gasteiger partial charge in [-0.3, -0.25) is 4.79 Å². The fourth-order valence-corrected chi connectivity index (χ4v) is 1.98. The van der Waals surface area contributed by atoms with Gasteiger partial charge in [0.2, 0.25) is 5.91 Å². The smallest absolute Gasteiger partial charge is 0.223 e. The number of hydrogen-bond donors (Lipinski definition) is 3. The Balaban J connectivity index is 2.47. The Morgan fingerprint density at radius 2 is 1.88 bits per heavy atom. The molecule has 0 saturated carbocycles. The van der Waals surface area contributed by atoms with Crippen LogP contribution in [0.1, 0.15) is 5.56 Å². The van der Waals surface area contributed by atoms with Crippen LogP contribution in [-0.4, -0.2) is 19.0 Å². The number of carbonyl (C=O) groups is 1. The molecule has 5 N–H and O–H groups in total. The van der Waals surface area contributed by atoms with Crippen LogP contribution < -0.4 is 16.8 Å². The van der Waals surface area contributed by atoms with Crippen molar-refractivity contribution in [1.29, 1.82) is 0 Å². The number of nitrogens with two attached hydrogens (primary N) is 2. The molecule has 0 fully saturated rings. The molecule has 1 aromatic carbocycles. The molecule has 0 aliphatic heterocycles. The summed E-state index contributed by atoms with van der Waals surface area (Å²) < 4.78 is 0. The topological polar surface area (TPSA) is 81.1 Å². The molecule has 0 bridgehead atoms. The first-order valence-electron chi connectivity index (χ1n) is 5.18. The summed E-state index contributed by atoms with van der Waals surface area (Å²) in [5.74, 6) is -0.756. The molecule has 1 rings (SSSR count). The summed E-state index contributed by atoms with van der Waals surface area (Å²) in [6.07, 6.45) is 0. The zero-order valence-corrected chi connectivity index (χ0v) is 10.8. The van der Waals surface area contributed by atoms with Crippen LogP contribution in [0.25, 0.3) is 0 Å². The zero-order chi connectivity index (χ0) is 12.8. The van der Waals surface area contributed by atoms with Gasteiger partial charge in [0, 0.05) is 29.7 Å². The average molecular weight is 276 g/mol. The van der Waals surface area contributed by atoms with Crippen LogP contribution >= 0.6 is 23.2 Å². The molecule has 4 nitrogen and oxygen atoms in total. The summed E-state index contributed by atoms with van der Waals surface area (Å²) in [6, 6.07) is 5.28. The summed E-state index contributed by atoms with van der Waals surface area (Å²) in [6.45, 7) is 1.23. The van der Waals surface area contributed by atoms with Gasteiger partial charge < -0.3 is 16.8 Å². The lowest BCUT2D eigenvalue weighted by Crippen LogP contribution is -2.37. The molecule has 0 radical (unpaired) electrons. The van der Waals surface area contributed by atoms with Crippen molar-refractivity contribution in [2.45, 2.75) is 6.54 Å². The van der Waals surface area contributed by atoms with E-state index in [9.17, 15) is 4.79 Å². The minimum atomic E-state index is -0.399. The van der Waals surface area contributed by atoms with Crippen LogP contribution in [0, 0.1) is 5.92 Å². The second-order valence-electron chi connectivity index (χ2n) is 3.74. The van der Waals surface area contributed by atoms with E-state index in [-0.39, 0.29) is 12.5 Å². The van der Waals surface area contributed by atoms with Gasteiger partial charge in [-0.2, -0.15) is 0 Å². The lowest BCUT2D eigenvalue weighted by molar-refractivity contribution is -0.121. The maximum Gasteiger partial charge on any atom is 0.223 e. The van der Waals surface area contributed by atoms with Crippen molar-refractivity contribution < 1.29 is 4.79 Å². The van der Waals surface area contributed by atoms with Crippen LogP contribution in [0.2, 0.25) is 10.0 Å². The van der Waals surface area contributed by atoms with Crippen LogP contribution in [0.5, 0.6) is 0 Å². The van der Waals surface area contributed by atoms with Crippen molar-refractivity contribution in [3.63, 3.8) is 0 Å². The zero-order valence-electron chi connectivity index (χ0n) is 9.25. The highest BCUT2D eigenvalue weighted by Gasteiger charge is 2.12. The molecule has 1 aromatic rings. The Bertz CT molecular complexity index is 378. The molecule has 94 valence electrons. The largest absolute Gasteiger partial charge is 0.369 e. The third kappa shape index (κ3) is 4.91. The second kappa shape index (κ2) is 6.81. The number of amides is 1. The Morgan fingerprint density at radius 3 is 2.35 bits per heavy atom. The van der Waals surface area contributed by atoms with Gasteiger partial charge in [-0.1, -0.05) is 23.2 Å². The van der Waals surface area contributed by atoms with Gasteiger partial charge in [0.25, 0.3) is 0 Å². The fourth-order valence-electron chi connectivity index (χ4n) is 1.40. The first-order chi connectivity index (χ1) is 8.02. The summed E-state index contributed by atoms with van der Waals surface area (Å²) >= 11 is 11.7. The number of nitrogens with one attached hydrogen (secondary N) is 1. The van der Waals surface area contributed by atoms with E-state index in [1.165, 1.54) is 0 Å². The monoisotopic (exact) mass is 275 g/mol. The van der Waals surface area contributed by atoms with E-state index in [1.807, 2.05) is 12.1 Å². The van der Waals surface area contributed by atoms with Gasteiger partial charge in [0.1, 0.15) is 0 Å². The van der Waals surface area contributed by atoms with Crippen LogP contribution in [0.15, 0.2) is 18.2 Å². The number of hydrogen-bond acceptors (Lipinski definition) is 3. The van der Waals surface area contributed by atoms with E-state index in [0.29, 0.717) is 23.1 Å². The minimum Gasteiger partial charge on any atom is -0.369 e. The van der Waals surface area contributed by atoms with Gasteiger partial charge in [-0.15, -0.1) is 0 Å². The average Bonchev–Trinajstić information content (AvgIpc) is 2.22. The molecule has 0 aliphatic carbocycles. The quantitative estimate of drug-likeness (QED) is 0.728. The molecule has 0 aliphatic rings. The maximum atomic E-state index is 10.9. The Kier molecular flexibility index (Phi) is 5.71. The van der Waals surface area contributed by atoms with E-state index in [4.69, 9.17) is 34.7 Å². The number of benzene rings is 1. The van der Waals surface area contributed by atoms with Crippen molar-refractivity contribution in [3.05, 3.63) is 33.8 Å². The van der Waals surface area contributed by atoms with Gasteiger partial charge in [-0.05, 0) is 23.8 Å². The number of rotatable bonds is 6. The molecule has 1 atom stereocenters. The highest BCUT2D eigenvalue weighted by Crippen LogP contribution is 2.18. The van der Waals surface area contributed by atoms with E-state index in [1.54, 1.807) is 6.07 Å². The Morgan fingerprint density at radius 1 is 1.29 bits per heavy atom. The maximum absolute atomic E-state index is 10.9. The van der Waals surface area contributed by atoms with E-state index >= 15 is 0 Å². The van der Waals surface area contributed by atoms with E-state index in [2.05, 4.69) is 5.32 Å². The standard InChI is InChI=1S/C11H15Cl2N3O/c12-9-1-7(2-10(13)3-9)5-16-6-8(4-14)11(15)17/h1-3,8,16H,4-6,14H2,(H2,15,17). The lowest BCUT2D eigenvalue weighted by atomic mass is 10.1. The molecule has 0 spiro atoms. The summed E-state index contributed by atoms with van der Waals surface area (Å²) in [5, 5.41) is 4.26. The molecule has 6 heteroatoms. The molecular weight excluding hydrogens is 261 g/mol. The van der Waals surface area contributed by atoms with E-state index in [0.717, 1.165) is 5.56 Å². The lowest BCUT2D eigenvalue weighted by Gasteiger charge is -2.12. The normalized spacial score (nSPS) is 12.4. The highest BCUT2D eigenvalue weighted by molar-refractivity contribution is 6.34. The van der Waals surface area contributed by atoms with Gasteiger partial charge in [0.15, 0.2) is 0 Å². The van der Waals surface area contributed by atoms with Crippen LogP contribution in [0.3, 0.4) is 0 Å². The molecule has 0 saturated heterocycles. The van der Waals surface area contributed by atoms with Crippen LogP contribution in [0.4, 0.5) is 0 Å². The summed E-state index contributed by atoms with van der Waals surface area (Å²) in [5.41, 5.74) is 11.5. The van der Waals surface area contributed by atoms with Gasteiger partial charge in [-0.25, -0.2) is 0 Å². The first-order valence-corrected chi connectivity index (χ1v) is 5.93. The highest BCUT2D eigenvalue weighted by atomic mass is 35.5. The first kappa shape index (κ1) is 14.3. The Hall–Kier alpha value is -0.810. The van der Waals surface area contributed by atoms with Crippen LogP contribution in [-0.2, 0) is 11.3 Å². The molecule has 1 unspecified atom stereocenters. The Labute approximate surface area is 110 Å². The third-order valence-electron chi connectivity index (χ3n) is 2.33. The number of carbonyl (C=O) groups excluding carboxylic acids is 1. The van der Waals surface area contributed by atoms with Crippen molar-refractivity contribution in [3.8, 4) is 0 Å². The minimum absolute atomic E-state index is 0.235. The summed E-state index contributed by atoms with van der Waals surface area (Å²) in [7, 11) is 0. The number of halogens is 2. The number of primary amides is 1. The molecule has 0 aromatic heterocycles. The third-order valence-corrected chi connectivity index (χ3v) is 2.77. The van der Waals surface area contributed by atoms with Crippen molar-refractivity contribution in [2.24, 2.45) is 17.4 Å². The fraction of sp³-hybridized carbons (Fsp3) is 0.364. The summed E-state index contributed by atoms with van der Waals surface area (Å²) in [4.78, 5) is 10.9. The van der Waals surface area contributed by atoms with E-state index < -0.39 is 5.91 Å². The molecule has 1 amide bonds. The van der Waals surface area contributed by atoms with Gasteiger partial charge >= 0.3 is 0 Å². The van der Waals surface area contributed by atoms with Gasteiger partial charge in [0.05, 0.1) is 5.92 Å². The second-order valence-corrected chi connectivity index (χ2v) is 4.62. The van der Waals surface area contributed by atoms with Crippen molar-refractivity contribution >= 4 is 29.1 Å². The molecule has 17 heavy (non-hydrogen) atoms. The predicted octanol–water partition coefficient (Wildman–Crippen LogP) is 1.14. The van der Waals surface area contributed by atoms with Crippen molar-refractivity contribution in [1.82, 2.24) is 5.32 Å². The predicted molar refractivity (Wildman–Crippen MR) is 69.9 cm³/mol. The SMILES string of the molecule is NCC(CNCc1cc(Cl)cc(Cl)c1)C(N)=O. The van der Waals surface area contributed by atoms with Crippen molar-refractivity contribution in [2.75, 3.05) is 13.1 Å². The molecular formula is C11H15Cl2N3O.